The predicted octanol–water partition coefficient (Wildman–Crippen LogP) is 5.65. The number of para-hydroxylation sites is 2. The molecule has 8 heteroatoms. The van der Waals surface area contributed by atoms with Crippen LogP contribution in [0.4, 0.5) is 11.4 Å². The van der Waals surface area contributed by atoms with Crippen LogP contribution in [0.15, 0.2) is 89.1 Å². The van der Waals surface area contributed by atoms with Gasteiger partial charge in [-0.2, -0.15) is 10.2 Å². The number of amides is 2. The molecule has 2 atom stereocenters. The van der Waals surface area contributed by atoms with Gasteiger partial charge in [-0.25, -0.2) is 10.0 Å². The van der Waals surface area contributed by atoms with Gasteiger partial charge in [-0.05, 0) is 63.6 Å². The van der Waals surface area contributed by atoms with Gasteiger partial charge in [0, 0.05) is 23.4 Å². The van der Waals surface area contributed by atoms with Gasteiger partial charge in [0.05, 0.1) is 36.4 Å². The van der Waals surface area contributed by atoms with Gasteiger partial charge in [0.2, 0.25) is 0 Å². The van der Waals surface area contributed by atoms with Crippen LogP contribution in [0.3, 0.4) is 0 Å². The average Bonchev–Trinajstić information content (AvgIpc) is 3.41. The number of hydrogen-bond donors (Lipinski definition) is 0. The maximum absolute atomic E-state index is 14.1. The van der Waals surface area contributed by atoms with Gasteiger partial charge in [0.1, 0.15) is 11.5 Å². The summed E-state index contributed by atoms with van der Waals surface area (Å²) in [5.41, 5.74) is 3.35. The molecule has 0 N–H and O–H groups in total. The standard InChI is InChI=1S/C31H32N4O4/c1-5-38-24-17-18-25(26(19-24)39-6-2)29(27-20(3)32-34(30(27)36)22-13-9-7-10-14-22)28-21(4)33-35(31(28)37)23-15-11-8-12-16-23/h7-19,27-29H,5-6H2,1-4H3. The number of carbonyl (C=O) groups excluding carboxylic acids is 2. The van der Waals surface area contributed by atoms with E-state index in [1.807, 2.05) is 107 Å². The molecule has 0 spiro atoms. The van der Waals surface area contributed by atoms with Gasteiger partial charge in [0.15, 0.2) is 0 Å². The summed E-state index contributed by atoms with van der Waals surface area (Å²) in [6.45, 7) is 8.43. The molecule has 3 aromatic rings. The minimum atomic E-state index is -0.697. The van der Waals surface area contributed by atoms with Gasteiger partial charge in [0.25, 0.3) is 11.8 Å². The first-order valence-electron chi connectivity index (χ1n) is 13.2. The maximum atomic E-state index is 14.1. The van der Waals surface area contributed by atoms with E-state index in [1.54, 1.807) is 0 Å². The first kappa shape index (κ1) is 26.2. The molecule has 3 aromatic carbocycles. The molecule has 2 amide bonds. The second-order valence-corrected chi connectivity index (χ2v) is 9.50. The van der Waals surface area contributed by atoms with Crippen molar-refractivity contribution in [2.75, 3.05) is 23.2 Å². The normalized spacial score (nSPS) is 19.7. The zero-order valence-electron chi connectivity index (χ0n) is 22.6. The Bertz CT molecular complexity index is 1340. The Morgan fingerprint density at radius 1 is 0.718 bits per heavy atom. The van der Waals surface area contributed by atoms with Gasteiger partial charge in [-0.1, -0.05) is 42.5 Å². The molecule has 2 heterocycles. The SMILES string of the molecule is CCOc1ccc(C(C2C(=O)N(c3ccccc3)N=C2C)C2C(=O)N(c3ccccc3)N=C2C)c(OCC)c1. The van der Waals surface area contributed by atoms with Crippen molar-refractivity contribution >= 4 is 34.6 Å². The summed E-state index contributed by atoms with van der Waals surface area (Å²) in [5.74, 6) is -1.15. The lowest BCUT2D eigenvalue weighted by Gasteiger charge is -2.30. The minimum Gasteiger partial charge on any atom is -0.494 e. The van der Waals surface area contributed by atoms with Crippen LogP contribution in [-0.2, 0) is 9.59 Å². The fourth-order valence-corrected chi connectivity index (χ4v) is 5.37. The van der Waals surface area contributed by atoms with Gasteiger partial charge in [-0.15, -0.1) is 0 Å². The van der Waals surface area contributed by atoms with Crippen molar-refractivity contribution in [1.82, 2.24) is 0 Å². The van der Waals surface area contributed by atoms with E-state index in [2.05, 4.69) is 10.2 Å². The Hall–Kier alpha value is -4.46. The Morgan fingerprint density at radius 2 is 1.21 bits per heavy atom. The highest BCUT2D eigenvalue weighted by molar-refractivity contribution is 6.19. The molecular weight excluding hydrogens is 492 g/mol. The zero-order chi connectivity index (χ0) is 27.5. The van der Waals surface area contributed by atoms with Crippen molar-refractivity contribution in [3.05, 3.63) is 84.4 Å². The Kier molecular flexibility index (Phi) is 7.45. The Morgan fingerprint density at radius 3 is 1.67 bits per heavy atom. The van der Waals surface area contributed by atoms with Crippen LogP contribution in [-0.4, -0.2) is 36.5 Å². The molecule has 0 bridgehead atoms. The quantitative estimate of drug-likeness (QED) is 0.362. The third-order valence-electron chi connectivity index (χ3n) is 7.04. The zero-order valence-corrected chi connectivity index (χ0v) is 22.6. The molecule has 0 fully saturated rings. The van der Waals surface area contributed by atoms with Crippen LogP contribution in [0.1, 0.15) is 39.2 Å². The summed E-state index contributed by atoms with van der Waals surface area (Å²) < 4.78 is 11.8. The summed E-state index contributed by atoms with van der Waals surface area (Å²) in [5, 5.41) is 12.2. The molecule has 8 nitrogen and oxygen atoms in total. The molecule has 200 valence electrons. The van der Waals surface area contributed by atoms with E-state index in [1.165, 1.54) is 10.0 Å². The summed E-state index contributed by atoms with van der Waals surface area (Å²) >= 11 is 0. The van der Waals surface area contributed by atoms with Crippen LogP contribution >= 0.6 is 0 Å². The fourth-order valence-electron chi connectivity index (χ4n) is 5.37. The van der Waals surface area contributed by atoms with Crippen LogP contribution < -0.4 is 19.5 Å². The van der Waals surface area contributed by atoms with Crippen LogP contribution in [0.25, 0.3) is 0 Å². The van der Waals surface area contributed by atoms with E-state index >= 15 is 0 Å². The highest BCUT2D eigenvalue weighted by Crippen LogP contribution is 2.46. The first-order valence-corrected chi connectivity index (χ1v) is 13.2. The third kappa shape index (κ3) is 4.90. The molecule has 39 heavy (non-hydrogen) atoms. The predicted molar refractivity (Wildman–Crippen MR) is 153 cm³/mol. The summed E-state index contributed by atoms with van der Waals surface area (Å²) in [6, 6.07) is 24.2. The third-order valence-corrected chi connectivity index (χ3v) is 7.04. The largest absolute Gasteiger partial charge is 0.494 e. The highest BCUT2D eigenvalue weighted by Gasteiger charge is 2.51. The van der Waals surface area contributed by atoms with Crippen molar-refractivity contribution in [2.24, 2.45) is 22.0 Å². The monoisotopic (exact) mass is 524 g/mol. The number of ether oxygens (including phenoxy) is 2. The van der Waals surface area contributed by atoms with E-state index < -0.39 is 17.8 Å². The topological polar surface area (TPSA) is 83.8 Å². The maximum Gasteiger partial charge on any atom is 0.256 e. The summed E-state index contributed by atoms with van der Waals surface area (Å²) in [6.07, 6.45) is 0. The van der Waals surface area contributed by atoms with E-state index in [-0.39, 0.29) is 11.8 Å². The molecule has 0 aromatic heterocycles. The molecule has 0 saturated carbocycles. The highest BCUT2D eigenvalue weighted by atomic mass is 16.5. The molecule has 5 rings (SSSR count). The summed E-state index contributed by atoms with van der Waals surface area (Å²) in [7, 11) is 0. The number of hydrogen-bond acceptors (Lipinski definition) is 6. The minimum absolute atomic E-state index is 0.196. The second-order valence-electron chi connectivity index (χ2n) is 9.50. The van der Waals surface area contributed by atoms with Crippen LogP contribution in [0.5, 0.6) is 11.5 Å². The van der Waals surface area contributed by atoms with Crippen LogP contribution in [0.2, 0.25) is 0 Å². The average molecular weight is 525 g/mol. The van der Waals surface area contributed by atoms with E-state index in [0.717, 1.165) is 5.56 Å². The number of hydrazone groups is 2. The van der Waals surface area contributed by atoms with Crippen LogP contribution in [0, 0.1) is 11.8 Å². The molecule has 2 aliphatic heterocycles. The molecular formula is C31H32N4O4. The van der Waals surface area contributed by atoms with Gasteiger partial charge < -0.3 is 9.47 Å². The van der Waals surface area contributed by atoms with Crippen molar-refractivity contribution in [2.45, 2.75) is 33.6 Å². The Labute approximate surface area is 228 Å². The van der Waals surface area contributed by atoms with E-state index in [4.69, 9.17) is 9.47 Å². The molecule has 2 unspecified atom stereocenters. The van der Waals surface area contributed by atoms with Crippen molar-refractivity contribution in [3.63, 3.8) is 0 Å². The Balaban J connectivity index is 1.63. The number of rotatable bonds is 9. The van der Waals surface area contributed by atoms with Gasteiger partial charge in [-0.3, -0.25) is 9.59 Å². The summed E-state index contributed by atoms with van der Waals surface area (Å²) in [4.78, 5) is 28.1. The van der Waals surface area contributed by atoms with E-state index in [0.29, 0.717) is 47.5 Å². The number of anilines is 2. The lowest BCUT2D eigenvalue weighted by Crippen LogP contribution is -2.40. The van der Waals surface area contributed by atoms with E-state index in [9.17, 15) is 9.59 Å². The first-order chi connectivity index (χ1) is 18.9. The molecule has 0 saturated heterocycles. The molecule has 0 radical (unpaired) electrons. The van der Waals surface area contributed by atoms with Gasteiger partial charge >= 0.3 is 0 Å². The van der Waals surface area contributed by atoms with Crippen molar-refractivity contribution in [3.8, 4) is 11.5 Å². The second kappa shape index (κ2) is 11.1. The van der Waals surface area contributed by atoms with Crippen molar-refractivity contribution in [1.29, 1.82) is 0 Å². The molecule has 0 aliphatic carbocycles. The number of nitrogens with zero attached hydrogens (tertiary/aromatic N) is 4. The smallest absolute Gasteiger partial charge is 0.256 e. The fraction of sp³-hybridized carbons (Fsp3) is 0.290. The number of benzene rings is 3. The lowest BCUT2D eigenvalue weighted by atomic mass is 9.72. The number of carbonyl (C=O) groups is 2. The molecule has 2 aliphatic rings. The lowest BCUT2D eigenvalue weighted by molar-refractivity contribution is -0.122. The van der Waals surface area contributed by atoms with Crippen molar-refractivity contribution < 1.29 is 19.1 Å².